The average Bonchev–Trinajstić information content (AvgIpc) is 3.28. The number of aromatic amines is 1. The summed E-state index contributed by atoms with van der Waals surface area (Å²) >= 11 is 0. The minimum Gasteiger partial charge on any atom is -0.337 e. The molecule has 0 spiro atoms. The van der Waals surface area contributed by atoms with Crippen LogP contribution >= 0.6 is 0 Å². The lowest BCUT2D eigenvalue weighted by molar-refractivity contribution is -0.126. The van der Waals surface area contributed by atoms with E-state index < -0.39 is 0 Å². The van der Waals surface area contributed by atoms with Crippen molar-refractivity contribution < 1.29 is 14.4 Å². The molecule has 0 saturated carbocycles. The Bertz CT molecular complexity index is 1210. The molecular formula is C22H21N7O3. The van der Waals surface area contributed by atoms with Crippen LogP contribution in [0.25, 0.3) is 22.6 Å². The molecule has 162 valence electrons. The zero-order valence-corrected chi connectivity index (χ0v) is 17.2. The molecular weight excluding hydrogens is 410 g/mol. The lowest BCUT2D eigenvalue weighted by Crippen LogP contribution is -2.52. The molecule has 3 amide bonds. The van der Waals surface area contributed by atoms with Gasteiger partial charge in [-0.3, -0.25) is 14.4 Å². The molecule has 1 fully saturated rings. The minimum atomic E-state index is -0.192. The predicted molar refractivity (Wildman–Crippen MR) is 117 cm³/mol. The van der Waals surface area contributed by atoms with Crippen LogP contribution in [-0.2, 0) is 9.59 Å². The van der Waals surface area contributed by atoms with Crippen molar-refractivity contribution in [3.63, 3.8) is 0 Å². The van der Waals surface area contributed by atoms with Gasteiger partial charge in [0.2, 0.25) is 5.91 Å². The minimum absolute atomic E-state index is 0.183. The first kappa shape index (κ1) is 19.9. The number of carbonyl (C=O) groups excluding carboxylic acids is 3. The second kappa shape index (κ2) is 8.22. The first-order valence-corrected chi connectivity index (χ1v) is 10.4. The van der Waals surface area contributed by atoms with Gasteiger partial charge in [-0.2, -0.15) is 5.10 Å². The molecule has 1 saturated heterocycles. The smallest absolute Gasteiger partial charge is 0.272 e. The lowest BCUT2D eigenvalue weighted by Gasteiger charge is -2.35. The van der Waals surface area contributed by atoms with Gasteiger partial charge in [0.05, 0.1) is 11.0 Å². The van der Waals surface area contributed by atoms with E-state index in [0.717, 1.165) is 11.0 Å². The van der Waals surface area contributed by atoms with Crippen molar-refractivity contribution in [2.24, 2.45) is 5.10 Å². The first-order chi connectivity index (χ1) is 15.6. The van der Waals surface area contributed by atoms with Gasteiger partial charge in [0.15, 0.2) is 5.82 Å². The van der Waals surface area contributed by atoms with E-state index >= 15 is 0 Å². The van der Waals surface area contributed by atoms with Crippen LogP contribution in [0.1, 0.15) is 23.3 Å². The van der Waals surface area contributed by atoms with Gasteiger partial charge in [0.1, 0.15) is 17.1 Å². The van der Waals surface area contributed by atoms with Crippen LogP contribution in [0.5, 0.6) is 0 Å². The molecule has 2 aromatic heterocycles. The summed E-state index contributed by atoms with van der Waals surface area (Å²) < 4.78 is 0. The van der Waals surface area contributed by atoms with Crippen molar-refractivity contribution in [3.05, 3.63) is 48.2 Å². The molecule has 1 aromatic carbocycles. The SMILES string of the molecule is O=C1CCC(C(=O)N2CCN(C(=O)c3cccc(-c4nc5ccccc5[nH]4)n3)CC2)=NN1. The first-order valence-electron chi connectivity index (χ1n) is 10.4. The third-order valence-electron chi connectivity index (χ3n) is 5.61. The number of carbonyl (C=O) groups is 3. The summed E-state index contributed by atoms with van der Waals surface area (Å²) in [6.45, 7) is 1.61. The molecule has 10 heteroatoms. The number of hydrogen-bond acceptors (Lipinski definition) is 6. The van der Waals surface area contributed by atoms with Crippen molar-refractivity contribution in [2.45, 2.75) is 12.8 Å². The van der Waals surface area contributed by atoms with Crippen LogP contribution in [0.4, 0.5) is 0 Å². The molecule has 2 aliphatic heterocycles. The summed E-state index contributed by atoms with van der Waals surface area (Å²) in [4.78, 5) is 52.5. The van der Waals surface area contributed by atoms with Crippen LogP contribution < -0.4 is 5.43 Å². The van der Waals surface area contributed by atoms with E-state index in [-0.39, 0.29) is 24.1 Å². The van der Waals surface area contributed by atoms with Crippen molar-refractivity contribution >= 4 is 34.5 Å². The number of H-pyrrole nitrogens is 1. The maximum absolute atomic E-state index is 13.0. The average molecular weight is 431 g/mol. The molecule has 0 unspecified atom stereocenters. The third kappa shape index (κ3) is 3.82. The van der Waals surface area contributed by atoms with E-state index in [1.54, 1.807) is 21.9 Å². The highest BCUT2D eigenvalue weighted by Crippen LogP contribution is 2.19. The molecule has 0 radical (unpaired) electrons. The highest BCUT2D eigenvalue weighted by Gasteiger charge is 2.29. The van der Waals surface area contributed by atoms with Gasteiger partial charge in [-0.25, -0.2) is 15.4 Å². The Morgan fingerprint density at radius 1 is 0.844 bits per heavy atom. The highest BCUT2D eigenvalue weighted by molar-refractivity contribution is 6.39. The Labute approximate surface area is 183 Å². The van der Waals surface area contributed by atoms with Crippen LogP contribution in [0.2, 0.25) is 0 Å². The van der Waals surface area contributed by atoms with Gasteiger partial charge < -0.3 is 14.8 Å². The molecule has 2 N–H and O–H groups in total. The molecule has 3 aromatic rings. The number of pyridine rings is 1. The zero-order chi connectivity index (χ0) is 22.1. The number of amides is 3. The summed E-state index contributed by atoms with van der Waals surface area (Å²) in [5, 5.41) is 3.87. The van der Waals surface area contributed by atoms with Crippen LogP contribution in [0.3, 0.4) is 0 Å². The maximum atomic E-state index is 13.0. The van der Waals surface area contributed by atoms with Crippen LogP contribution in [0.15, 0.2) is 47.6 Å². The van der Waals surface area contributed by atoms with Gasteiger partial charge in [-0.15, -0.1) is 0 Å². The Morgan fingerprint density at radius 2 is 1.59 bits per heavy atom. The maximum Gasteiger partial charge on any atom is 0.272 e. The molecule has 32 heavy (non-hydrogen) atoms. The second-order valence-electron chi connectivity index (χ2n) is 7.69. The number of para-hydroxylation sites is 2. The van der Waals surface area contributed by atoms with E-state index in [9.17, 15) is 14.4 Å². The molecule has 5 rings (SSSR count). The number of rotatable bonds is 3. The monoisotopic (exact) mass is 431 g/mol. The Kier molecular flexibility index (Phi) is 5.10. The van der Waals surface area contributed by atoms with Crippen molar-refractivity contribution in [3.8, 4) is 11.5 Å². The number of hydrazone groups is 1. The second-order valence-corrected chi connectivity index (χ2v) is 7.69. The van der Waals surface area contributed by atoms with Gasteiger partial charge >= 0.3 is 0 Å². The number of piperazine rings is 1. The standard InChI is InChI=1S/C22H21N7O3/c30-19-9-8-18(26-27-19)22(32)29-12-10-28(11-13-29)21(31)17-7-3-6-16(23-17)20-24-14-4-1-2-5-15(14)25-20/h1-7H,8-13H2,(H,24,25)(H,27,30). The van der Waals surface area contributed by atoms with Gasteiger partial charge in [0, 0.05) is 39.0 Å². The van der Waals surface area contributed by atoms with Gasteiger partial charge in [0.25, 0.3) is 11.8 Å². The molecule has 0 bridgehead atoms. The van der Waals surface area contributed by atoms with Gasteiger partial charge in [-0.05, 0) is 24.3 Å². The number of nitrogens with one attached hydrogen (secondary N) is 2. The fourth-order valence-corrected chi connectivity index (χ4v) is 3.85. The summed E-state index contributed by atoms with van der Waals surface area (Å²) in [6, 6.07) is 13.0. The third-order valence-corrected chi connectivity index (χ3v) is 5.61. The summed E-state index contributed by atoms with van der Waals surface area (Å²) in [7, 11) is 0. The molecule has 4 heterocycles. The van der Waals surface area contributed by atoms with E-state index in [4.69, 9.17) is 0 Å². The quantitative estimate of drug-likeness (QED) is 0.644. The van der Waals surface area contributed by atoms with E-state index in [1.807, 2.05) is 30.3 Å². The fourth-order valence-electron chi connectivity index (χ4n) is 3.85. The number of benzene rings is 1. The van der Waals surface area contributed by atoms with Crippen molar-refractivity contribution in [1.29, 1.82) is 0 Å². The zero-order valence-electron chi connectivity index (χ0n) is 17.2. The predicted octanol–water partition coefficient (Wildman–Crippen LogP) is 1.18. The summed E-state index contributed by atoms with van der Waals surface area (Å²) in [6.07, 6.45) is 0.596. The summed E-state index contributed by atoms with van der Waals surface area (Å²) in [5.74, 6) is 0.0467. The van der Waals surface area contributed by atoms with E-state index in [2.05, 4.69) is 25.5 Å². The van der Waals surface area contributed by atoms with E-state index in [1.165, 1.54) is 0 Å². The Balaban J connectivity index is 1.26. The van der Waals surface area contributed by atoms with Crippen LogP contribution in [-0.4, -0.2) is 74.4 Å². The fraction of sp³-hybridized carbons (Fsp3) is 0.273. The summed E-state index contributed by atoms with van der Waals surface area (Å²) in [5.41, 5.74) is 5.37. The Hall–Kier alpha value is -4.08. The molecule has 2 aliphatic rings. The number of fused-ring (bicyclic) bond motifs is 1. The van der Waals surface area contributed by atoms with E-state index in [0.29, 0.717) is 55.5 Å². The lowest BCUT2D eigenvalue weighted by atomic mass is 10.1. The largest absolute Gasteiger partial charge is 0.337 e. The highest BCUT2D eigenvalue weighted by atomic mass is 16.2. The van der Waals surface area contributed by atoms with Crippen molar-refractivity contribution in [1.82, 2.24) is 30.2 Å². The molecule has 0 aliphatic carbocycles. The number of hydrogen-bond donors (Lipinski definition) is 2. The number of imidazole rings is 1. The van der Waals surface area contributed by atoms with Gasteiger partial charge in [-0.1, -0.05) is 18.2 Å². The topological polar surface area (TPSA) is 124 Å². The van der Waals surface area contributed by atoms with Crippen LogP contribution in [0, 0.1) is 0 Å². The Morgan fingerprint density at radius 3 is 2.31 bits per heavy atom. The number of nitrogens with zero attached hydrogens (tertiary/aromatic N) is 5. The number of aromatic nitrogens is 3. The molecule has 0 atom stereocenters. The van der Waals surface area contributed by atoms with Crippen molar-refractivity contribution in [2.75, 3.05) is 26.2 Å². The molecule has 10 nitrogen and oxygen atoms in total. The normalized spacial score (nSPS) is 16.6.